The normalized spacial score (nSPS) is 10.5. The van der Waals surface area contributed by atoms with Gasteiger partial charge in [-0.3, -0.25) is 14.9 Å². The largest absolute Gasteiger partial charge is 0.361 e. The van der Waals surface area contributed by atoms with Crippen molar-refractivity contribution in [3.8, 4) is 0 Å². The maximum Gasteiger partial charge on any atom is 0.283 e. The number of aromatic nitrogens is 1. The molecule has 0 atom stereocenters. The lowest BCUT2D eigenvalue weighted by Gasteiger charge is -2.17. The van der Waals surface area contributed by atoms with Crippen molar-refractivity contribution in [2.24, 2.45) is 0 Å². The van der Waals surface area contributed by atoms with Crippen molar-refractivity contribution in [3.05, 3.63) is 55.9 Å². The third-order valence-corrected chi connectivity index (χ3v) is 3.64. The molecule has 1 aromatic heterocycles. The van der Waals surface area contributed by atoms with E-state index in [9.17, 15) is 14.9 Å². The van der Waals surface area contributed by atoms with Crippen LogP contribution < -0.4 is 0 Å². The summed E-state index contributed by atoms with van der Waals surface area (Å²) in [5.41, 5.74) is 1.00. The van der Waals surface area contributed by atoms with Gasteiger partial charge in [-0.1, -0.05) is 22.8 Å². The zero-order chi connectivity index (χ0) is 16.4. The molecular weight excluding hydrogens is 310 g/mol. The van der Waals surface area contributed by atoms with Crippen molar-refractivity contribution in [1.82, 2.24) is 10.1 Å². The number of halogens is 1. The van der Waals surface area contributed by atoms with Crippen LogP contribution in [0.25, 0.3) is 0 Å². The average Bonchev–Trinajstić information content (AvgIpc) is 2.78. The number of hydrogen-bond donors (Lipinski definition) is 0. The summed E-state index contributed by atoms with van der Waals surface area (Å²) in [6.45, 7) is 3.73. The van der Waals surface area contributed by atoms with Crippen molar-refractivity contribution in [3.63, 3.8) is 0 Å². The number of aryl methyl sites for hydroxylation is 2. The summed E-state index contributed by atoms with van der Waals surface area (Å²) in [5, 5.41) is 14.9. The van der Waals surface area contributed by atoms with Gasteiger partial charge in [0, 0.05) is 18.7 Å². The summed E-state index contributed by atoms with van der Waals surface area (Å²) in [7, 11) is 1.54. The van der Waals surface area contributed by atoms with Crippen LogP contribution in [0.2, 0.25) is 5.02 Å². The van der Waals surface area contributed by atoms with E-state index in [1.807, 2.05) is 0 Å². The van der Waals surface area contributed by atoms with Gasteiger partial charge in [0.1, 0.15) is 11.3 Å². The molecule has 0 saturated carbocycles. The van der Waals surface area contributed by atoms with Crippen LogP contribution in [0, 0.1) is 24.0 Å². The van der Waals surface area contributed by atoms with Gasteiger partial charge in [0.05, 0.1) is 22.2 Å². The van der Waals surface area contributed by atoms with Crippen molar-refractivity contribution in [1.29, 1.82) is 0 Å². The van der Waals surface area contributed by atoms with Gasteiger partial charge in [0.15, 0.2) is 0 Å². The second-order valence-electron chi connectivity index (χ2n) is 4.86. The summed E-state index contributed by atoms with van der Waals surface area (Å²) < 4.78 is 5.05. The van der Waals surface area contributed by atoms with Crippen molar-refractivity contribution < 1.29 is 14.2 Å². The first-order chi connectivity index (χ1) is 10.3. The maximum atomic E-state index is 12.5. The fourth-order valence-electron chi connectivity index (χ4n) is 2.10. The predicted octanol–water partition coefficient (Wildman–Crippen LogP) is 3.13. The lowest BCUT2D eigenvalue weighted by atomic mass is 10.1. The van der Waals surface area contributed by atoms with E-state index in [0.29, 0.717) is 11.5 Å². The highest BCUT2D eigenvalue weighted by Gasteiger charge is 2.26. The number of rotatable bonds is 4. The van der Waals surface area contributed by atoms with E-state index >= 15 is 0 Å². The third kappa shape index (κ3) is 2.94. The van der Waals surface area contributed by atoms with E-state index in [1.54, 1.807) is 20.9 Å². The van der Waals surface area contributed by atoms with Crippen LogP contribution in [0.4, 0.5) is 5.69 Å². The first-order valence-electron chi connectivity index (χ1n) is 6.43. The first-order valence-corrected chi connectivity index (χ1v) is 6.80. The minimum absolute atomic E-state index is 0.0461. The lowest BCUT2D eigenvalue weighted by Crippen LogP contribution is -2.27. The number of carbonyl (C=O) groups is 1. The third-order valence-electron chi connectivity index (χ3n) is 3.33. The average molecular weight is 324 g/mol. The zero-order valence-corrected chi connectivity index (χ0v) is 13.0. The van der Waals surface area contributed by atoms with E-state index in [2.05, 4.69) is 5.16 Å². The molecular formula is C14H14ClN3O4. The summed E-state index contributed by atoms with van der Waals surface area (Å²) in [5.74, 6) is 0.0723. The molecule has 1 aromatic carbocycles. The van der Waals surface area contributed by atoms with Gasteiger partial charge >= 0.3 is 0 Å². The van der Waals surface area contributed by atoms with Crippen LogP contribution in [0.1, 0.15) is 27.4 Å². The molecule has 0 aliphatic carbocycles. The van der Waals surface area contributed by atoms with E-state index in [4.69, 9.17) is 16.1 Å². The smallest absolute Gasteiger partial charge is 0.283 e. The SMILES string of the molecule is Cc1noc(C)c1CN(C)C(=O)c1c(Cl)cccc1[N+](=O)[O-]. The highest BCUT2D eigenvalue weighted by Crippen LogP contribution is 2.28. The molecule has 0 radical (unpaired) electrons. The summed E-state index contributed by atoms with van der Waals surface area (Å²) in [6, 6.07) is 4.14. The van der Waals surface area contributed by atoms with Crippen LogP contribution in [0.5, 0.6) is 0 Å². The van der Waals surface area contributed by atoms with Gasteiger partial charge in [0.2, 0.25) is 0 Å². The summed E-state index contributed by atoms with van der Waals surface area (Å²) >= 11 is 5.97. The Balaban J connectivity index is 2.34. The highest BCUT2D eigenvalue weighted by molar-refractivity contribution is 6.34. The Morgan fingerprint density at radius 2 is 2.14 bits per heavy atom. The molecule has 2 rings (SSSR count). The van der Waals surface area contributed by atoms with Gasteiger partial charge < -0.3 is 9.42 Å². The molecule has 0 N–H and O–H groups in total. The molecule has 0 aliphatic heterocycles. The summed E-state index contributed by atoms with van der Waals surface area (Å²) in [4.78, 5) is 24.3. The van der Waals surface area contributed by atoms with Crippen molar-refractivity contribution >= 4 is 23.2 Å². The number of amides is 1. The molecule has 0 aliphatic rings. The molecule has 0 spiro atoms. The molecule has 116 valence electrons. The van der Waals surface area contributed by atoms with E-state index in [-0.39, 0.29) is 22.8 Å². The Bertz CT molecular complexity index is 722. The monoisotopic (exact) mass is 323 g/mol. The Morgan fingerprint density at radius 1 is 1.45 bits per heavy atom. The van der Waals surface area contributed by atoms with Crippen LogP contribution in [0.3, 0.4) is 0 Å². The van der Waals surface area contributed by atoms with Crippen LogP contribution in [-0.2, 0) is 6.54 Å². The molecule has 0 unspecified atom stereocenters. The molecule has 1 heterocycles. The predicted molar refractivity (Wildman–Crippen MR) is 79.9 cm³/mol. The number of benzene rings is 1. The standard InChI is InChI=1S/C14H14ClN3O4/c1-8-10(9(2)22-16-8)7-17(3)14(19)13-11(15)5-4-6-12(13)18(20)21/h4-6H,7H2,1-3H3. The van der Waals surface area contributed by atoms with E-state index in [1.165, 1.54) is 23.1 Å². The van der Waals surface area contributed by atoms with Crippen LogP contribution in [-0.4, -0.2) is 27.9 Å². The van der Waals surface area contributed by atoms with Gasteiger partial charge in [0.25, 0.3) is 11.6 Å². The van der Waals surface area contributed by atoms with E-state index < -0.39 is 10.8 Å². The quantitative estimate of drug-likeness (QED) is 0.637. The van der Waals surface area contributed by atoms with Crippen LogP contribution in [0.15, 0.2) is 22.7 Å². The maximum absolute atomic E-state index is 12.5. The van der Waals surface area contributed by atoms with Crippen LogP contribution >= 0.6 is 11.6 Å². The van der Waals surface area contributed by atoms with Gasteiger partial charge in [-0.2, -0.15) is 0 Å². The number of nitrogens with zero attached hydrogens (tertiary/aromatic N) is 3. The van der Waals surface area contributed by atoms with Crippen molar-refractivity contribution in [2.45, 2.75) is 20.4 Å². The van der Waals surface area contributed by atoms with E-state index in [0.717, 1.165) is 5.56 Å². The number of nitro benzene ring substituents is 1. The molecule has 22 heavy (non-hydrogen) atoms. The fraction of sp³-hybridized carbons (Fsp3) is 0.286. The first kappa shape index (κ1) is 16.0. The second kappa shape index (κ2) is 6.15. The number of carbonyl (C=O) groups excluding carboxylic acids is 1. The molecule has 0 fully saturated rings. The minimum Gasteiger partial charge on any atom is -0.361 e. The Kier molecular flexibility index (Phi) is 4.46. The Hall–Kier alpha value is -2.41. The molecule has 2 aromatic rings. The second-order valence-corrected chi connectivity index (χ2v) is 5.26. The van der Waals surface area contributed by atoms with Gasteiger partial charge in [-0.25, -0.2) is 0 Å². The molecule has 7 nitrogen and oxygen atoms in total. The molecule has 1 amide bonds. The topological polar surface area (TPSA) is 89.5 Å². The molecule has 8 heteroatoms. The molecule has 0 saturated heterocycles. The zero-order valence-electron chi connectivity index (χ0n) is 12.3. The van der Waals surface area contributed by atoms with Crippen molar-refractivity contribution in [2.75, 3.05) is 7.05 Å². The Labute approximate surface area is 131 Å². The highest BCUT2D eigenvalue weighted by atomic mass is 35.5. The lowest BCUT2D eigenvalue weighted by molar-refractivity contribution is -0.385. The number of hydrogen-bond acceptors (Lipinski definition) is 5. The van der Waals surface area contributed by atoms with Gasteiger partial charge in [-0.15, -0.1) is 0 Å². The van der Waals surface area contributed by atoms with Gasteiger partial charge in [-0.05, 0) is 19.9 Å². The number of nitro groups is 1. The minimum atomic E-state index is -0.622. The fourth-order valence-corrected chi connectivity index (χ4v) is 2.35. The summed E-state index contributed by atoms with van der Waals surface area (Å²) in [6.07, 6.45) is 0. The molecule has 0 bridgehead atoms. The Morgan fingerprint density at radius 3 is 2.68 bits per heavy atom.